The first-order chi connectivity index (χ1) is 12.4. The van der Waals surface area contributed by atoms with Crippen molar-refractivity contribution in [2.75, 3.05) is 25.6 Å². The minimum atomic E-state index is 0.551. The SMILES string of the molecule is c1ccc(CCN2CS[C@H](COc3cccc4ccccc34)C2)cc1. The van der Waals surface area contributed by atoms with Crippen LogP contribution in [0, 0.1) is 0 Å². The molecule has 0 aliphatic carbocycles. The molecule has 0 spiro atoms. The molecular formula is C22H23NOS. The summed E-state index contributed by atoms with van der Waals surface area (Å²) in [7, 11) is 0. The third-order valence-electron chi connectivity index (χ3n) is 4.69. The number of ether oxygens (including phenoxy) is 1. The number of benzene rings is 3. The maximum Gasteiger partial charge on any atom is 0.127 e. The third kappa shape index (κ3) is 4.17. The average molecular weight is 349 g/mol. The lowest BCUT2D eigenvalue weighted by atomic mass is 10.1. The van der Waals surface area contributed by atoms with Gasteiger partial charge in [-0.1, -0.05) is 66.7 Å². The van der Waals surface area contributed by atoms with Crippen molar-refractivity contribution in [3.8, 4) is 5.75 Å². The molecule has 1 atom stereocenters. The van der Waals surface area contributed by atoms with E-state index >= 15 is 0 Å². The first-order valence-electron chi connectivity index (χ1n) is 8.87. The Morgan fingerprint density at radius 1 is 0.920 bits per heavy atom. The van der Waals surface area contributed by atoms with Crippen molar-refractivity contribution in [3.05, 3.63) is 78.4 Å². The summed E-state index contributed by atoms with van der Waals surface area (Å²) in [5.74, 6) is 2.11. The Kier molecular flexibility index (Phi) is 5.24. The maximum absolute atomic E-state index is 6.17. The monoisotopic (exact) mass is 349 g/mol. The minimum absolute atomic E-state index is 0.551. The molecule has 4 rings (SSSR count). The van der Waals surface area contributed by atoms with Crippen molar-refractivity contribution in [1.82, 2.24) is 4.90 Å². The normalized spacial score (nSPS) is 17.8. The quantitative estimate of drug-likeness (QED) is 0.632. The van der Waals surface area contributed by atoms with Crippen LogP contribution in [0.2, 0.25) is 0 Å². The summed E-state index contributed by atoms with van der Waals surface area (Å²) in [4.78, 5) is 2.54. The molecule has 1 saturated heterocycles. The molecule has 1 fully saturated rings. The predicted molar refractivity (Wildman–Crippen MR) is 107 cm³/mol. The van der Waals surface area contributed by atoms with Crippen LogP contribution < -0.4 is 4.74 Å². The van der Waals surface area contributed by atoms with Crippen LogP contribution in [0.25, 0.3) is 10.8 Å². The zero-order chi connectivity index (χ0) is 16.9. The van der Waals surface area contributed by atoms with E-state index in [2.05, 4.69) is 77.7 Å². The highest BCUT2D eigenvalue weighted by molar-refractivity contribution is 8.00. The molecule has 128 valence electrons. The fourth-order valence-corrected chi connectivity index (χ4v) is 4.43. The van der Waals surface area contributed by atoms with Gasteiger partial charge in [-0.25, -0.2) is 0 Å². The van der Waals surface area contributed by atoms with Crippen LogP contribution in [0.15, 0.2) is 72.8 Å². The van der Waals surface area contributed by atoms with Crippen molar-refractivity contribution >= 4 is 22.5 Å². The highest BCUT2D eigenvalue weighted by Crippen LogP contribution is 2.28. The van der Waals surface area contributed by atoms with Gasteiger partial charge in [0.05, 0.1) is 5.25 Å². The summed E-state index contributed by atoms with van der Waals surface area (Å²) < 4.78 is 6.17. The minimum Gasteiger partial charge on any atom is -0.492 e. The van der Waals surface area contributed by atoms with Crippen molar-refractivity contribution in [2.45, 2.75) is 11.7 Å². The van der Waals surface area contributed by atoms with Gasteiger partial charge >= 0.3 is 0 Å². The Morgan fingerprint density at radius 3 is 2.64 bits per heavy atom. The lowest BCUT2D eigenvalue weighted by molar-refractivity contribution is 0.282. The highest BCUT2D eigenvalue weighted by Gasteiger charge is 2.23. The highest BCUT2D eigenvalue weighted by atomic mass is 32.2. The molecule has 0 saturated carbocycles. The van der Waals surface area contributed by atoms with Crippen LogP contribution in [0.3, 0.4) is 0 Å². The summed E-state index contributed by atoms with van der Waals surface area (Å²) in [6.45, 7) is 3.02. The molecule has 0 bridgehead atoms. The molecule has 3 heteroatoms. The number of hydrogen-bond donors (Lipinski definition) is 0. The first-order valence-corrected chi connectivity index (χ1v) is 9.92. The molecule has 3 aromatic rings. The van der Waals surface area contributed by atoms with Gasteiger partial charge in [-0.2, -0.15) is 0 Å². The van der Waals surface area contributed by atoms with Gasteiger partial charge < -0.3 is 4.74 Å². The smallest absolute Gasteiger partial charge is 0.127 e. The molecule has 1 aliphatic heterocycles. The van der Waals surface area contributed by atoms with E-state index in [1.165, 1.54) is 16.3 Å². The van der Waals surface area contributed by atoms with Gasteiger partial charge in [-0.3, -0.25) is 4.90 Å². The lowest BCUT2D eigenvalue weighted by Gasteiger charge is -2.16. The summed E-state index contributed by atoms with van der Waals surface area (Å²) >= 11 is 2.01. The Labute approximate surface area is 153 Å². The van der Waals surface area contributed by atoms with E-state index in [4.69, 9.17) is 4.74 Å². The Bertz CT molecular complexity index is 815. The van der Waals surface area contributed by atoms with Crippen LogP contribution in [-0.4, -0.2) is 35.7 Å². The average Bonchev–Trinajstić information content (AvgIpc) is 3.13. The lowest BCUT2D eigenvalue weighted by Crippen LogP contribution is -2.27. The molecule has 1 heterocycles. The van der Waals surface area contributed by atoms with Gasteiger partial charge in [0.25, 0.3) is 0 Å². The van der Waals surface area contributed by atoms with E-state index in [0.717, 1.165) is 37.7 Å². The summed E-state index contributed by atoms with van der Waals surface area (Å²) in [6.07, 6.45) is 1.12. The molecule has 1 aliphatic rings. The summed E-state index contributed by atoms with van der Waals surface area (Å²) in [5.41, 5.74) is 1.42. The molecule has 0 N–H and O–H groups in total. The molecule has 3 aromatic carbocycles. The topological polar surface area (TPSA) is 12.5 Å². The van der Waals surface area contributed by atoms with Crippen LogP contribution in [0.1, 0.15) is 5.56 Å². The van der Waals surface area contributed by atoms with Crippen molar-refractivity contribution in [3.63, 3.8) is 0 Å². The summed E-state index contributed by atoms with van der Waals surface area (Å²) in [6, 6.07) is 25.5. The Balaban J connectivity index is 1.29. The molecular weight excluding hydrogens is 326 g/mol. The van der Waals surface area contributed by atoms with Crippen molar-refractivity contribution < 1.29 is 4.74 Å². The van der Waals surface area contributed by atoms with E-state index in [1.807, 2.05) is 11.8 Å². The van der Waals surface area contributed by atoms with Gasteiger partial charge in [-0.05, 0) is 23.4 Å². The van der Waals surface area contributed by atoms with E-state index < -0.39 is 0 Å². The zero-order valence-electron chi connectivity index (χ0n) is 14.3. The standard InChI is InChI=1S/C22H23NOS/c1-2-7-18(8-3-1)13-14-23-15-20(25-17-23)16-24-22-12-6-10-19-9-4-5-11-21(19)22/h1-12,20H,13-17H2/t20-/m0/s1. The number of thioether (sulfide) groups is 1. The van der Waals surface area contributed by atoms with Gasteiger partial charge in [-0.15, -0.1) is 11.8 Å². The second-order valence-corrected chi connectivity index (χ2v) is 7.78. The molecule has 0 radical (unpaired) electrons. The van der Waals surface area contributed by atoms with Crippen LogP contribution in [-0.2, 0) is 6.42 Å². The predicted octanol–water partition coefficient (Wildman–Crippen LogP) is 4.84. The summed E-state index contributed by atoms with van der Waals surface area (Å²) in [5, 5.41) is 2.99. The van der Waals surface area contributed by atoms with E-state index in [-0.39, 0.29) is 0 Å². The second-order valence-electron chi connectivity index (χ2n) is 6.52. The fourth-order valence-electron chi connectivity index (χ4n) is 3.30. The number of rotatable bonds is 6. The van der Waals surface area contributed by atoms with Crippen LogP contribution in [0.5, 0.6) is 5.75 Å². The zero-order valence-corrected chi connectivity index (χ0v) is 15.1. The second kappa shape index (κ2) is 7.94. The maximum atomic E-state index is 6.17. The first kappa shape index (κ1) is 16.5. The van der Waals surface area contributed by atoms with Gasteiger partial charge in [0.15, 0.2) is 0 Å². The number of nitrogens with zero attached hydrogens (tertiary/aromatic N) is 1. The third-order valence-corrected chi connectivity index (χ3v) is 5.96. The van der Waals surface area contributed by atoms with E-state index in [0.29, 0.717) is 5.25 Å². The molecule has 25 heavy (non-hydrogen) atoms. The number of fused-ring (bicyclic) bond motifs is 1. The Morgan fingerprint density at radius 2 is 1.72 bits per heavy atom. The van der Waals surface area contributed by atoms with E-state index in [9.17, 15) is 0 Å². The molecule has 0 amide bonds. The number of hydrogen-bond acceptors (Lipinski definition) is 3. The van der Waals surface area contributed by atoms with Gasteiger partial charge in [0.1, 0.15) is 12.4 Å². The van der Waals surface area contributed by atoms with Crippen molar-refractivity contribution in [2.24, 2.45) is 0 Å². The van der Waals surface area contributed by atoms with E-state index in [1.54, 1.807) is 0 Å². The van der Waals surface area contributed by atoms with Gasteiger partial charge in [0.2, 0.25) is 0 Å². The van der Waals surface area contributed by atoms with Crippen LogP contribution in [0.4, 0.5) is 0 Å². The van der Waals surface area contributed by atoms with Crippen molar-refractivity contribution in [1.29, 1.82) is 0 Å². The molecule has 0 unspecified atom stereocenters. The Hall–Kier alpha value is -1.97. The molecule has 0 aromatic heterocycles. The van der Waals surface area contributed by atoms with Gasteiger partial charge in [0, 0.05) is 24.4 Å². The molecule has 2 nitrogen and oxygen atoms in total. The fraction of sp³-hybridized carbons (Fsp3) is 0.273. The van der Waals surface area contributed by atoms with Crippen LogP contribution >= 0.6 is 11.8 Å². The largest absolute Gasteiger partial charge is 0.492 e.